The van der Waals surface area contributed by atoms with Gasteiger partial charge in [0.15, 0.2) is 0 Å². The fourth-order valence-electron chi connectivity index (χ4n) is 10.5. The molecule has 3 heteroatoms. The van der Waals surface area contributed by atoms with Gasteiger partial charge in [0.2, 0.25) is 5.95 Å². The number of nitrogens with zero attached hydrogens (tertiary/aromatic N) is 3. The van der Waals surface area contributed by atoms with Crippen LogP contribution in [0.15, 0.2) is 188 Å². The molecule has 2 aromatic heterocycles. The van der Waals surface area contributed by atoms with Gasteiger partial charge in [0.1, 0.15) is 0 Å². The van der Waals surface area contributed by atoms with E-state index < -0.39 is 5.41 Å². The summed E-state index contributed by atoms with van der Waals surface area (Å²) >= 11 is 0. The molecular formula is C53H31N3. The van der Waals surface area contributed by atoms with E-state index in [1.807, 2.05) is 0 Å². The van der Waals surface area contributed by atoms with Crippen molar-refractivity contribution in [3.63, 3.8) is 0 Å². The van der Waals surface area contributed by atoms with Gasteiger partial charge in [-0.2, -0.15) is 0 Å². The van der Waals surface area contributed by atoms with Crippen molar-refractivity contribution in [3.05, 3.63) is 210 Å². The van der Waals surface area contributed by atoms with Crippen LogP contribution in [0.1, 0.15) is 22.3 Å². The number of benzene rings is 9. The second-order valence-corrected chi connectivity index (χ2v) is 15.2. The quantitative estimate of drug-likeness (QED) is 0.167. The van der Waals surface area contributed by atoms with Gasteiger partial charge < -0.3 is 0 Å². The monoisotopic (exact) mass is 709 g/mol. The molecule has 0 amide bonds. The van der Waals surface area contributed by atoms with Crippen molar-refractivity contribution in [2.24, 2.45) is 0 Å². The lowest BCUT2D eigenvalue weighted by Crippen LogP contribution is -2.26. The molecule has 0 atom stereocenters. The third-order valence-corrected chi connectivity index (χ3v) is 12.6. The average Bonchev–Trinajstić information content (AvgIpc) is 3.88. The van der Waals surface area contributed by atoms with Crippen LogP contribution in [0.3, 0.4) is 0 Å². The Kier molecular flexibility index (Phi) is 5.83. The van der Waals surface area contributed by atoms with E-state index in [1.54, 1.807) is 0 Å². The summed E-state index contributed by atoms with van der Waals surface area (Å²) in [6.07, 6.45) is 0. The second kappa shape index (κ2) is 10.9. The predicted molar refractivity (Wildman–Crippen MR) is 231 cm³/mol. The highest BCUT2D eigenvalue weighted by Crippen LogP contribution is 2.66. The van der Waals surface area contributed by atoms with E-state index in [1.165, 1.54) is 76.8 Å². The maximum absolute atomic E-state index is 5.55. The van der Waals surface area contributed by atoms with Gasteiger partial charge in [0.25, 0.3) is 0 Å². The van der Waals surface area contributed by atoms with Crippen LogP contribution in [0, 0.1) is 0 Å². The van der Waals surface area contributed by atoms with Crippen molar-refractivity contribution >= 4 is 54.3 Å². The van der Waals surface area contributed by atoms with Crippen LogP contribution < -0.4 is 0 Å². The van der Waals surface area contributed by atoms with Crippen molar-refractivity contribution in [3.8, 4) is 39.5 Å². The first-order chi connectivity index (χ1) is 27.8. The Morgan fingerprint density at radius 2 is 1.00 bits per heavy atom. The minimum absolute atomic E-state index is 0.533. The molecule has 11 aromatic rings. The van der Waals surface area contributed by atoms with E-state index in [4.69, 9.17) is 9.97 Å². The standard InChI is InChI=1S/C53H31N3/c1-2-17-33(18-3-1)50-38-23-9-14-28-44(38)54-52(55-50)56-45-29-15-10-24-39(45)47-46-34-19-5-4-16-32(34)30-31-40(46)49-48(51(47)56)37-22-8-13-27-43(37)53(49)41-25-11-6-20-35(41)36-21-7-12-26-42(36)53/h1-31H. The van der Waals surface area contributed by atoms with Gasteiger partial charge in [-0.3, -0.25) is 4.57 Å². The zero-order valence-electron chi connectivity index (χ0n) is 30.2. The van der Waals surface area contributed by atoms with Crippen molar-refractivity contribution in [1.82, 2.24) is 14.5 Å². The Morgan fingerprint density at radius 1 is 0.411 bits per heavy atom. The third kappa shape index (κ3) is 3.63. The molecule has 0 unspecified atom stereocenters. The molecule has 0 fully saturated rings. The summed E-state index contributed by atoms with van der Waals surface area (Å²) in [4.78, 5) is 11.0. The van der Waals surface area contributed by atoms with Crippen LogP contribution in [0.5, 0.6) is 0 Å². The Hall–Kier alpha value is -7.36. The molecule has 2 aliphatic carbocycles. The van der Waals surface area contributed by atoms with Crippen LogP contribution in [0.4, 0.5) is 0 Å². The van der Waals surface area contributed by atoms with Crippen LogP contribution in [0.25, 0.3) is 93.7 Å². The molecule has 0 saturated carbocycles. The van der Waals surface area contributed by atoms with E-state index in [2.05, 4.69) is 193 Å². The van der Waals surface area contributed by atoms with Crippen molar-refractivity contribution in [2.45, 2.75) is 5.41 Å². The maximum atomic E-state index is 5.55. The summed E-state index contributed by atoms with van der Waals surface area (Å²) < 4.78 is 2.38. The molecule has 0 bridgehead atoms. The Labute approximate surface area is 322 Å². The number of hydrogen-bond donors (Lipinski definition) is 0. The minimum Gasteiger partial charge on any atom is -0.277 e. The molecular weight excluding hydrogens is 679 g/mol. The van der Waals surface area contributed by atoms with Crippen molar-refractivity contribution < 1.29 is 0 Å². The van der Waals surface area contributed by atoms with Gasteiger partial charge in [0.05, 0.1) is 27.7 Å². The Balaban J connectivity index is 1.32. The highest BCUT2D eigenvalue weighted by Gasteiger charge is 2.53. The van der Waals surface area contributed by atoms with E-state index in [0.717, 1.165) is 33.2 Å². The first kappa shape index (κ1) is 30.0. The first-order valence-electron chi connectivity index (χ1n) is 19.4. The molecule has 0 N–H and O–H groups in total. The molecule has 0 saturated heterocycles. The largest absolute Gasteiger partial charge is 0.277 e. The first-order valence-corrected chi connectivity index (χ1v) is 19.4. The highest BCUT2D eigenvalue weighted by molar-refractivity contribution is 6.33. The van der Waals surface area contributed by atoms with Crippen molar-refractivity contribution in [1.29, 1.82) is 0 Å². The number of para-hydroxylation sites is 2. The van der Waals surface area contributed by atoms with Crippen LogP contribution in [0.2, 0.25) is 0 Å². The molecule has 258 valence electrons. The predicted octanol–water partition coefficient (Wildman–Crippen LogP) is 13.0. The van der Waals surface area contributed by atoms with Gasteiger partial charge >= 0.3 is 0 Å². The highest BCUT2D eigenvalue weighted by atomic mass is 15.2. The van der Waals surface area contributed by atoms with E-state index in [-0.39, 0.29) is 0 Å². The summed E-state index contributed by atoms with van der Waals surface area (Å²) in [5.74, 6) is 0.668. The third-order valence-electron chi connectivity index (χ3n) is 12.6. The lowest BCUT2D eigenvalue weighted by atomic mass is 9.69. The zero-order chi connectivity index (χ0) is 36.5. The summed E-state index contributed by atoms with van der Waals surface area (Å²) in [5, 5.41) is 8.48. The van der Waals surface area contributed by atoms with Crippen LogP contribution in [-0.2, 0) is 5.41 Å². The fraction of sp³-hybridized carbons (Fsp3) is 0.0189. The van der Waals surface area contributed by atoms with E-state index >= 15 is 0 Å². The Morgan fingerprint density at radius 3 is 1.77 bits per heavy atom. The fourth-order valence-corrected chi connectivity index (χ4v) is 10.5. The van der Waals surface area contributed by atoms with Crippen LogP contribution in [-0.4, -0.2) is 14.5 Å². The molecule has 9 aromatic carbocycles. The molecule has 0 aliphatic heterocycles. The molecule has 2 aliphatic rings. The molecule has 1 spiro atoms. The zero-order valence-corrected chi connectivity index (χ0v) is 30.2. The lowest BCUT2D eigenvalue weighted by Gasteiger charge is -2.31. The van der Waals surface area contributed by atoms with Crippen molar-refractivity contribution in [2.75, 3.05) is 0 Å². The van der Waals surface area contributed by atoms with Crippen LogP contribution >= 0.6 is 0 Å². The lowest BCUT2D eigenvalue weighted by molar-refractivity contribution is 0.801. The molecule has 13 rings (SSSR count). The second-order valence-electron chi connectivity index (χ2n) is 15.2. The van der Waals surface area contributed by atoms with Gasteiger partial charge in [-0.05, 0) is 72.6 Å². The molecule has 2 heterocycles. The minimum atomic E-state index is -0.533. The SMILES string of the molecule is c1ccc(-c2nc(-n3c4ccccc4c4c5c(ccc6ccccc65)c5c(c43)-c3ccccc3C53c4ccccc4-c4ccccc43)nc3ccccc23)cc1. The average molecular weight is 710 g/mol. The molecule has 0 radical (unpaired) electrons. The maximum Gasteiger partial charge on any atom is 0.235 e. The van der Waals surface area contributed by atoms with Gasteiger partial charge in [0, 0.05) is 27.3 Å². The van der Waals surface area contributed by atoms with E-state index in [0.29, 0.717) is 5.95 Å². The summed E-state index contributed by atoms with van der Waals surface area (Å²) in [7, 11) is 0. The van der Waals surface area contributed by atoms with E-state index in [9.17, 15) is 0 Å². The summed E-state index contributed by atoms with van der Waals surface area (Å²) in [5.41, 5.74) is 15.0. The Bertz CT molecular complexity index is 3440. The normalized spacial score (nSPS) is 13.5. The smallest absolute Gasteiger partial charge is 0.235 e. The molecule has 3 nitrogen and oxygen atoms in total. The van der Waals surface area contributed by atoms with Gasteiger partial charge in [-0.25, -0.2) is 9.97 Å². The number of hydrogen-bond acceptors (Lipinski definition) is 2. The summed E-state index contributed by atoms with van der Waals surface area (Å²) in [6.45, 7) is 0. The summed E-state index contributed by atoms with van der Waals surface area (Å²) in [6, 6.07) is 68.7. The number of aromatic nitrogens is 3. The number of fused-ring (bicyclic) bond motifs is 20. The van der Waals surface area contributed by atoms with Gasteiger partial charge in [-0.15, -0.1) is 0 Å². The topological polar surface area (TPSA) is 30.7 Å². The van der Waals surface area contributed by atoms with Gasteiger partial charge in [-0.1, -0.05) is 176 Å². The number of rotatable bonds is 2. The molecule has 56 heavy (non-hydrogen) atoms.